The smallest absolute Gasteiger partial charge is 0.226 e. The zero-order valence-electron chi connectivity index (χ0n) is 16.5. The highest BCUT2D eigenvalue weighted by atomic mass is 35.5. The molecule has 5 nitrogen and oxygen atoms in total. The second-order valence-corrected chi connectivity index (χ2v) is 8.82. The van der Waals surface area contributed by atoms with E-state index in [9.17, 15) is 0 Å². The molecule has 158 valence electrons. The molecule has 0 bridgehead atoms. The summed E-state index contributed by atoms with van der Waals surface area (Å²) in [7, 11) is 0. The van der Waals surface area contributed by atoms with Gasteiger partial charge in [0.2, 0.25) is 5.95 Å². The van der Waals surface area contributed by atoms with Gasteiger partial charge in [0, 0.05) is 31.8 Å². The Balaban J connectivity index is 1.68. The third kappa shape index (κ3) is 3.00. The summed E-state index contributed by atoms with van der Waals surface area (Å²) in [6.45, 7) is 0. The largest absolute Gasteiger partial charge is 0.480 e. The molecule has 6 rings (SSSR count). The number of fused-ring (bicyclic) bond motifs is 3. The van der Waals surface area contributed by atoms with Crippen molar-refractivity contribution in [3.63, 3.8) is 0 Å². The molecule has 0 radical (unpaired) electrons. The fourth-order valence-electron chi connectivity index (χ4n) is 4.38. The molecular weight excluding hydrogens is 467 g/mol. The number of nitrogens with zero attached hydrogens (tertiary/aromatic N) is 3. The fourth-order valence-corrected chi connectivity index (χ4v) is 5.03. The molecule has 2 aliphatic rings. The number of hydrogen-bond acceptors (Lipinski definition) is 4. The van der Waals surface area contributed by atoms with Crippen LogP contribution in [-0.2, 0) is 0 Å². The second kappa shape index (κ2) is 7.55. The van der Waals surface area contributed by atoms with E-state index >= 15 is 0 Å². The molecule has 1 N–H and O–H groups in total. The Hall–Kier alpha value is -2.99. The maximum atomic E-state index is 6.68. The maximum Gasteiger partial charge on any atom is 0.226 e. The van der Waals surface area contributed by atoms with Crippen LogP contribution in [0.4, 0.5) is 5.95 Å². The van der Waals surface area contributed by atoms with Crippen molar-refractivity contribution in [1.82, 2.24) is 14.8 Å². The van der Waals surface area contributed by atoms with E-state index in [1.165, 1.54) is 6.33 Å². The van der Waals surface area contributed by atoms with Gasteiger partial charge in [-0.2, -0.15) is 10.1 Å². The first-order chi connectivity index (χ1) is 15.6. The summed E-state index contributed by atoms with van der Waals surface area (Å²) in [6.07, 6.45) is 1.05. The van der Waals surface area contributed by atoms with Crippen molar-refractivity contribution >= 4 is 46.4 Å². The lowest BCUT2D eigenvalue weighted by atomic mass is 9.84. The van der Waals surface area contributed by atoms with E-state index in [4.69, 9.17) is 39.5 Å². The van der Waals surface area contributed by atoms with E-state index in [0.717, 1.165) is 28.0 Å². The molecule has 1 aromatic heterocycles. The summed E-state index contributed by atoms with van der Waals surface area (Å²) in [4.78, 5) is 4.43. The van der Waals surface area contributed by atoms with Gasteiger partial charge in [-0.1, -0.05) is 71.2 Å². The van der Waals surface area contributed by atoms with Crippen LogP contribution in [0.2, 0.25) is 15.1 Å². The summed E-state index contributed by atoms with van der Waals surface area (Å²) in [5.74, 6) is 1.32. The van der Waals surface area contributed by atoms with Gasteiger partial charge < -0.3 is 10.1 Å². The number of halogens is 3. The second-order valence-electron chi connectivity index (χ2n) is 7.57. The van der Waals surface area contributed by atoms with Crippen LogP contribution in [0.3, 0.4) is 0 Å². The van der Waals surface area contributed by atoms with Gasteiger partial charge in [0.05, 0.1) is 5.70 Å². The minimum Gasteiger partial charge on any atom is -0.480 e. The monoisotopic (exact) mass is 480 g/mol. The van der Waals surface area contributed by atoms with Crippen LogP contribution in [0.25, 0.3) is 5.70 Å². The highest BCUT2D eigenvalue weighted by Gasteiger charge is 2.42. The summed E-state index contributed by atoms with van der Waals surface area (Å²) >= 11 is 19.7. The summed E-state index contributed by atoms with van der Waals surface area (Å²) in [5, 5.41) is 9.80. The van der Waals surface area contributed by atoms with Crippen molar-refractivity contribution in [3.8, 4) is 5.75 Å². The minimum absolute atomic E-state index is 0.356. The van der Waals surface area contributed by atoms with E-state index in [2.05, 4.69) is 15.4 Å². The van der Waals surface area contributed by atoms with Crippen molar-refractivity contribution in [2.24, 2.45) is 0 Å². The first-order valence-corrected chi connectivity index (χ1v) is 11.1. The van der Waals surface area contributed by atoms with Crippen molar-refractivity contribution in [2.75, 3.05) is 5.32 Å². The van der Waals surface area contributed by atoms with E-state index in [0.29, 0.717) is 26.8 Å². The highest BCUT2D eigenvalue weighted by molar-refractivity contribution is 6.32. The third-order valence-corrected chi connectivity index (χ3v) is 6.69. The fraction of sp³-hybridized carbons (Fsp3) is 0.0833. The Kier molecular flexibility index (Phi) is 4.65. The Bertz CT molecular complexity index is 1400. The van der Waals surface area contributed by atoms with Gasteiger partial charge in [-0.25, -0.2) is 4.68 Å². The maximum absolute atomic E-state index is 6.68. The molecule has 2 atom stereocenters. The Morgan fingerprint density at radius 1 is 0.875 bits per heavy atom. The molecule has 0 spiro atoms. The number of aromatic nitrogens is 3. The van der Waals surface area contributed by atoms with Gasteiger partial charge in [0.25, 0.3) is 0 Å². The molecule has 0 aliphatic carbocycles. The van der Waals surface area contributed by atoms with Crippen molar-refractivity contribution in [3.05, 3.63) is 110 Å². The molecule has 0 saturated heterocycles. The first-order valence-electron chi connectivity index (χ1n) is 9.98. The molecule has 0 saturated carbocycles. The first kappa shape index (κ1) is 19.7. The summed E-state index contributed by atoms with van der Waals surface area (Å²) in [5.41, 5.74) is 4.39. The van der Waals surface area contributed by atoms with Gasteiger partial charge in [0.15, 0.2) is 6.10 Å². The quantitative estimate of drug-likeness (QED) is 0.342. The minimum atomic E-state index is -0.474. The lowest BCUT2D eigenvalue weighted by Gasteiger charge is -2.39. The van der Waals surface area contributed by atoms with Crippen LogP contribution < -0.4 is 10.1 Å². The third-order valence-electron chi connectivity index (χ3n) is 5.76. The van der Waals surface area contributed by atoms with E-state index in [1.807, 2.05) is 71.4 Å². The van der Waals surface area contributed by atoms with E-state index in [1.54, 1.807) is 0 Å². The van der Waals surface area contributed by atoms with Gasteiger partial charge in [-0.15, -0.1) is 0 Å². The molecule has 3 heterocycles. The number of nitrogens with one attached hydrogen (secondary N) is 1. The van der Waals surface area contributed by atoms with Crippen LogP contribution in [-0.4, -0.2) is 14.8 Å². The number of ether oxygens (including phenoxy) is 1. The molecule has 3 aromatic carbocycles. The summed E-state index contributed by atoms with van der Waals surface area (Å²) < 4.78 is 8.38. The predicted octanol–water partition coefficient (Wildman–Crippen LogP) is 6.80. The van der Waals surface area contributed by atoms with Crippen molar-refractivity contribution < 1.29 is 4.74 Å². The lowest BCUT2D eigenvalue weighted by molar-refractivity contribution is 0.223. The molecule has 0 fully saturated rings. The molecule has 32 heavy (non-hydrogen) atoms. The molecule has 4 aromatic rings. The average Bonchev–Trinajstić information content (AvgIpc) is 3.27. The molecule has 2 unspecified atom stereocenters. The van der Waals surface area contributed by atoms with Crippen LogP contribution in [0, 0.1) is 0 Å². The topological polar surface area (TPSA) is 52.0 Å². The van der Waals surface area contributed by atoms with Gasteiger partial charge in [-0.3, -0.25) is 0 Å². The zero-order valence-corrected chi connectivity index (χ0v) is 18.7. The Morgan fingerprint density at radius 2 is 1.59 bits per heavy atom. The van der Waals surface area contributed by atoms with E-state index < -0.39 is 6.10 Å². The van der Waals surface area contributed by atoms with Crippen molar-refractivity contribution in [2.45, 2.75) is 12.1 Å². The number of anilines is 1. The van der Waals surface area contributed by atoms with Gasteiger partial charge in [-0.05, 0) is 35.9 Å². The zero-order chi connectivity index (χ0) is 21.8. The normalized spacial score (nSPS) is 18.8. The molecule has 8 heteroatoms. The average molecular weight is 482 g/mol. The molecular formula is C24H15Cl3N4O. The van der Waals surface area contributed by atoms with Gasteiger partial charge >= 0.3 is 0 Å². The van der Waals surface area contributed by atoms with Crippen LogP contribution >= 0.6 is 34.8 Å². The van der Waals surface area contributed by atoms with Crippen LogP contribution in [0.5, 0.6) is 5.75 Å². The predicted molar refractivity (Wildman–Crippen MR) is 126 cm³/mol. The number of hydrogen-bond donors (Lipinski definition) is 1. The van der Waals surface area contributed by atoms with Crippen LogP contribution in [0.1, 0.15) is 28.8 Å². The Labute approximate surface area is 199 Å². The number of rotatable bonds is 2. The molecule has 2 aliphatic heterocycles. The standard InChI is InChI=1S/C24H15Cl3N4O/c25-13-9-10-19-16(11-13)21-20(23(32-19)15-6-2-4-8-18(15)27)22(14-5-1-3-7-17(14)26)31-24(30-21)28-12-29-31/h1-12,22-23H,(H,28,29,30). The molecule has 0 amide bonds. The van der Waals surface area contributed by atoms with E-state index in [-0.39, 0.29) is 6.04 Å². The Morgan fingerprint density at radius 3 is 2.34 bits per heavy atom. The van der Waals surface area contributed by atoms with Crippen molar-refractivity contribution in [1.29, 1.82) is 0 Å². The number of benzene rings is 3. The lowest BCUT2D eigenvalue weighted by Crippen LogP contribution is -2.32. The van der Waals surface area contributed by atoms with Crippen LogP contribution in [0.15, 0.2) is 78.6 Å². The SMILES string of the molecule is Clc1ccc2c(c1)C1=C(C(c3ccccc3Cl)O2)C(c2ccccc2Cl)n2ncnc2N1. The van der Waals surface area contributed by atoms with Gasteiger partial charge in [0.1, 0.15) is 18.1 Å². The summed E-state index contributed by atoms with van der Waals surface area (Å²) in [6, 6.07) is 20.6. The highest BCUT2D eigenvalue weighted by Crippen LogP contribution is 2.52.